The summed E-state index contributed by atoms with van der Waals surface area (Å²) in [6.07, 6.45) is 0. The lowest BCUT2D eigenvalue weighted by atomic mass is 10.1. The molecule has 4 aromatic rings. The summed E-state index contributed by atoms with van der Waals surface area (Å²) in [7, 11) is -3.99. The first kappa shape index (κ1) is 23.9. The van der Waals surface area contributed by atoms with Crippen LogP contribution in [0.2, 0.25) is 5.02 Å². The van der Waals surface area contributed by atoms with Crippen LogP contribution in [-0.4, -0.2) is 31.1 Å². The second kappa shape index (κ2) is 9.92. The first-order valence-electron chi connectivity index (χ1n) is 10.3. The molecule has 0 spiro atoms. The Kier molecular flexibility index (Phi) is 6.97. The van der Waals surface area contributed by atoms with Gasteiger partial charge in [0.2, 0.25) is 11.0 Å². The van der Waals surface area contributed by atoms with Crippen LogP contribution in [0.25, 0.3) is 10.6 Å². The molecule has 3 aromatic carbocycles. The van der Waals surface area contributed by atoms with Gasteiger partial charge in [0.15, 0.2) is 0 Å². The number of amides is 1. The van der Waals surface area contributed by atoms with Gasteiger partial charge in [0.05, 0.1) is 10.6 Å². The van der Waals surface area contributed by atoms with Gasteiger partial charge < -0.3 is 0 Å². The highest BCUT2D eigenvalue weighted by molar-refractivity contribution is 7.92. The van der Waals surface area contributed by atoms with Crippen molar-refractivity contribution in [2.45, 2.75) is 18.7 Å². The van der Waals surface area contributed by atoms with Gasteiger partial charge in [0.25, 0.3) is 10.0 Å². The van der Waals surface area contributed by atoms with Crippen molar-refractivity contribution >= 4 is 49.7 Å². The number of aryl methyl sites for hydroxylation is 2. The lowest BCUT2D eigenvalue weighted by molar-refractivity contribution is -0.114. The molecule has 0 aliphatic rings. The predicted molar refractivity (Wildman–Crippen MR) is 136 cm³/mol. The highest BCUT2D eigenvalue weighted by Crippen LogP contribution is 2.29. The standard InChI is InChI=1S/C24H21ClN4O3S2/c1-16-8-13-21(17(2)14-16)29(34(31,32)20-6-4-3-5-7-20)15-22(30)26-24-28-27-23(33-24)18-9-11-19(25)12-10-18/h3-14H,15H2,1-2H3,(H,26,28,30). The van der Waals surface area contributed by atoms with Gasteiger partial charge in [0.1, 0.15) is 11.6 Å². The summed E-state index contributed by atoms with van der Waals surface area (Å²) < 4.78 is 28.1. The zero-order valence-corrected chi connectivity index (χ0v) is 20.8. The largest absolute Gasteiger partial charge is 0.299 e. The number of nitrogens with one attached hydrogen (secondary N) is 1. The zero-order chi connectivity index (χ0) is 24.3. The molecule has 1 aromatic heterocycles. The Bertz CT molecular complexity index is 1420. The van der Waals surface area contributed by atoms with Crippen molar-refractivity contribution in [3.8, 4) is 10.6 Å². The Morgan fingerprint density at radius 2 is 1.71 bits per heavy atom. The Hall–Kier alpha value is -3.27. The first-order valence-corrected chi connectivity index (χ1v) is 12.9. The van der Waals surface area contributed by atoms with Crippen molar-refractivity contribution < 1.29 is 13.2 Å². The lowest BCUT2D eigenvalue weighted by Crippen LogP contribution is -2.38. The molecule has 0 fully saturated rings. The molecule has 7 nitrogen and oxygen atoms in total. The molecular weight excluding hydrogens is 492 g/mol. The summed E-state index contributed by atoms with van der Waals surface area (Å²) in [5.41, 5.74) is 2.98. The maximum atomic E-state index is 13.5. The summed E-state index contributed by atoms with van der Waals surface area (Å²) in [6, 6.07) is 20.5. The van der Waals surface area contributed by atoms with E-state index in [4.69, 9.17) is 11.6 Å². The van der Waals surface area contributed by atoms with E-state index in [1.807, 2.05) is 38.1 Å². The van der Waals surface area contributed by atoms with E-state index < -0.39 is 22.5 Å². The van der Waals surface area contributed by atoms with Crippen LogP contribution >= 0.6 is 22.9 Å². The Morgan fingerprint density at radius 3 is 2.38 bits per heavy atom. The average Bonchev–Trinajstić information content (AvgIpc) is 3.27. The number of hydrogen-bond acceptors (Lipinski definition) is 6. The molecule has 0 bridgehead atoms. The quantitative estimate of drug-likeness (QED) is 0.362. The third kappa shape index (κ3) is 5.27. The van der Waals surface area contributed by atoms with Crippen molar-refractivity contribution in [3.63, 3.8) is 0 Å². The molecule has 174 valence electrons. The zero-order valence-electron chi connectivity index (χ0n) is 18.4. The minimum Gasteiger partial charge on any atom is -0.299 e. The molecule has 1 amide bonds. The first-order chi connectivity index (χ1) is 16.2. The van der Waals surface area contributed by atoms with E-state index in [0.717, 1.165) is 21.0 Å². The maximum Gasteiger partial charge on any atom is 0.264 e. The lowest BCUT2D eigenvalue weighted by Gasteiger charge is -2.25. The van der Waals surface area contributed by atoms with Crippen LogP contribution in [0.3, 0.4) is 0 Å². The fourth-order valence-corrected chi connectivity index (χ4v) is 5.77. The molecule has 34 heavy (non-hydrogen) atoms. The van der Waals surface area contributed by atoms with E-state index in [9.17, 15) is 13.2 Å². The fourth-order valence-electron chi connectivity index (χ4n) is 3.38. The van der Waals surface area contributed by atoms with Gasteiger partial charge >= 0.3 is 0 Å². The number of sulfonamides is 1. The molecule has 10 heteroatoms. The van der Waals surface area contributed by atoms with Crippen molar-refractivity contribution in [1.82, 2.24) is 10.2 Å². The minimum atomic E-state index is -3.99. The molecule has 1 heterocycles. The Balaban J connectivity index is 1.60. The summed E-state index contributed by atoms with van der Waals surface area (Å²) in [5.74, 6) is -0.529. The Morgan fingerprint density at radius 1 is 1.00 bits per heavy atom. The van der Waals surface area contributed by atoms with Crippen molar-refractivity contribution in [3.05, 3.63) is 88.9 Å². The summed E-state index contributed by atoms with van der Waals surface area (Å²) in [6.45, 7) is 3.32. The molecule has 0 saturated carbocycles. The van der Waals surface area contributed by atoms with E-state index in [2.05, 4.69) is 15.5 Å². The molecule has 0 aliphatic carbocycles. The molecule has 0 unspecified atom stereocenters. The van der Waals surface area contributed by atoms with Gasteiger partial charge in [-0.3, -0.25) is 14.4 Å². The van der Waals surface area contributed by atoms with Gasteiger partial charge in [0, 0.05) is 10.6 Å². The molecule has 0 radical (unpaired) electrons. The number of rotatable bonds is 7. The number of hydrogen-bond donors (Lipinski definition) is 1. The van der Waals surface area contributed by atoms with Crippen molar-refractivity contribution in [2.24, 2.45) is 0 Å². The molecule has 1 N–H and O–H groups in total. The monoisotopic (exact) mass is 512 g/mol. The van der Waals surface area contributed by atoms with Gasteiger partial charge in [-0.25, -0.2) is 8.42 Å². The van der Waals surface area contributed by atoms with Crippen LogP contribution in [-0.2, 0) is 14.8 Å². The van der Waals surface area contributed by atoms with Crippen LogP contribution in [0.1, 0.15) is 11.1 Å². The number of nitrogens with zero attached hydrogens (tertiary/aromatic N) is 3. The van der Waals surface area contributed by atoms with Gasteiger partial charge in [-0.1, -0.05) is 71.0 Å². The number of aromatic nitrogens is 2. The third-order valence-electron chi connectivity index (χ3n) is 5.00. The maximum absolute atomic E-state index is 13.5. The SMILES string of the molecule is Cc1ccc(N(CC(=O)Nc2nnc(-c3ccc(Cl)cc3)s2)S(=O)(=O)c2ccccc2)c(C)c1. The van der Waals surface area contributed by atoms with E-state index in [1.165, 1.54) is 23.5 Å². The van der Waals surface area contributed by atoms with Crippen LogP contribution in [0.4, 0.5) is 10.8 Å². The second-order valence-electron chi connectivity index (χ2n) is 7.58. The number of halogens is 1. The predicted octanol–water partition coefficient (Wildman–Crippen LogP) is 5.31. The summed E-state index contributed by atoms with van der Waals surface area (Å²) >= 11 is 7.12. The van der Waals surface area contributed by atoms with Crippen LogP contribution in [0, 0.1) is 13.8 Å². The molecule has 0 saturated heterocycles. The van der Waals surface area contributed by atoms with Crippen LogP contribution in [0.15, 0.2) is 77.7 Å². The number of carbonyl (C=O) groups is 1. The molecule has 4 rings (SSSR count). The smallest absolute Gasteiger partial charge is 0.264 e. The second-order valence-corrected chi connectivity index (χ2v) is 10.9. The summed E-state index contributed by atoms with van der Waals surface area (Å²) in [5, 5.41) is 12.3. The molecular formula is C24H21ClN4O3S2. The topological polar surface area (TPSA) is 92.3 Å². The number of carbonyl (C=O) groups excluding carboxylic acids is 1. The van der Waals surface area contributed by atoms with Crippen LogP contribution < -0.4 is 9.62 Å². The Labute approximate surface area is 207 Å². The fraction of sp³-hybridized carbons (Fsp3) is 0.125. The average molecular weight is 513 g/mol. The van der Waals surface area contributed by atoms with E-state index >= 15 is 0 Å². The van der Waals surface area contributed by atoms with Crippen LogP contribution in [0.5, 0.6) is 0 Å². The third-order valence-corrected chi connectivity index (χ3v) is 7.92. The number of anilines is 2. The van der Waals surface area contributed by atoms with Crippen molar-refractivity contribution in [1.29, 1.82) is 0 Å². The number of benzene rings is 3. The van der Waals surface area contributed by atoms with E-state index in [-0.39, 0.29) is 10.0 Å². The highest BCUT2D eigenvalue weighted by Gasteiger charge is 2.28. The van der Waals surface area contributed by atoms with Crippen molar-refractivity contribution in [2.75, 3.05) is 16.2 Å². The van der Waals surface area contributed by atoms with E-state index in [0.29, 0.717) is 15.7 Å². The summed E-state index contributed by atoms with van der Waals surface area (Å²) in [4.78, 5) is 13.0. The highest BCUT2D eigenvalue weighted by atomic mass is 35.5. The van der Waals surface area contributed by atoms with Gasteiger partial charge in [-0.2, -0.15) is 0 Å². The normalized spacial score (nSPS) is 11.3. The van der Waals surface area contributed by atoms with Gasteiger partial charge in [-0.15, -0.1) is 10.2 Å². The van der Waals surface area contributed by atoms with Gasteiger partial charge in [-0.05, 0) is 49.7 Å². The molecule has 0 atom stereocenters. The van der Waals surface area contributed by atoms with E-state index in [1.54, 1.807) is 36.4 Å². The minimum absolute atomic E-state index is 0.101. The molecule has 0 aliphatic heterocycles.